The van der Waals surface area contributed by atoms with Crippen molar-refractivity contribution >= 4 is 0 Å². The fourth-order valence-electron chi connectivity index (χ4n) is 1.62. The Morgan fingerprint density at radius 1 is 1.54 bits per heavy atom. The number of hydrogen-bond acceptors (Lipinski definition) is 3. The van der Waals surface area contributed by atoms with Crippen LogP contribution in [0.5, 0.6) is 0 Å². The zero-order valence-electron chi connectivity index (χ0n) is 7.53. The lowest BCUT2D eigenvalue weighted by Gasteiger charge is -2.36. The highest BCUT2D eigenvalue weighted by molar-refractivity contribution is 5.22. The van der Waals surface area contributed by atoms with Crippen molar-refractivity contribution in [1.82, 2.24) is 4.98 Å². The van der Waals surface area contributed by atoms with Crippen LogP contribution in [0.2, 0.25) is 0 Å². The third-order valence-corrected chi connectivity index (χ3v) is 2.72. The van der Waals surface area contributed by atoms with Gasteiger partial charge in [-0.15, -0.1) is 0 Å². The Morgan fingerprint density at radius 3 is 2.85 bits per heavy atom. The van der Waals surface area contributed by atoms with Crippen molar-refractivity contribution in [2.75, 3.05) is 0 Å². The van der Waals surface area contributed by atoms with E-state index < -0.39 is 5.60 Å². The highest BCUT2D eigenvalue weighted by Gasteiger charge is 2.37. The summed E-state index contributed by atoms with van der Waals surface area (Å²) in [6.07, 6.45) is 4.46. The molecule has 0 unspecified atom stereocenters. The van der Waals surface area contributed by atoms with Crippen molar-refractivity contribution in [2.24, 2.45) is 5.73 Å². The first kappa shape index (κ1) is 8.66. The Hall–Kier alpha value is -0.930. The van der Waals surface area contributed by atoms with Gasteiger partial charge in [0.15, 0.2) is 0 Å². The molecule has 3 nitrogen and oxygen atoms in total. The number of pyridine rings is 1. The van der Waals surface area contributed by atoms with Gasteiger partial charge >= 0.3 is 0 Å². The van der Waals surface area contributed by atoms with Gasteiger partial charge in [0.25, 0.3) is 0 Å². The highest BCUT2D eigenvalue weighted by Crippen LogP contribution is 2.39. The summed E-state index contributed by atoms with van der Waals surface area (Å²) in [5.41, 5.74) is 6.66. The average molecular weight is 178 g/mol. The number of aliphatic hydroxyl groups is 1. The van der Waals surface area contributed by atoms with Crippen LogP contribution in [0.1, 0.15) is 30.5 Å². The molecule has 0 radical (unpaired) electrons. The maximum Gasteiger partial charge on any atom is 0.106 e. The molecule has 1 saturated carbocycles. The van der Waals surface area contributed by atoms with E-state index in [2.05, 4.69) is 4.98 Å². The first-order valence-electron chi connectivity index (χ1n) is 4.62. The Morgan fingerprint density at radius 2 is 2.31 bits per heavy atom. The molecular formula is C10H14N2O. The van der Waals surface area contributed by atoms with Gasteiger partial charge < -0.3 is 10.8 Å². The second-order valence-corrected chi connectivity index (χ2v) is 3.64. The van der Waals surface area contributed by atoms with Crippen LogP contribution in [0.3, 0.4) is 0 Å². The molecule has 1 aromatic rings. The zero-order chi connectivity index (χ0) is 9.31. The second kappa shape index (κ2) is 3.09. The standard InChI is InChI=1S/C10H14N2O/c11-7-8-2-5-12-9(6-8)10(13)3-1-4-10/h2,5-6,13H,1,3-4,7,11H2. The molecule has 0 amide bonds. The highest BCUT2D eigenvalue weighted by atomic mass is 16.3. The lowest BCUT2D eigenvalue weighted by Crippen LogP contribution is -2.34. The molecule has 0 atom stereocenters. The molecule has 0 spiro atoms. The van der Waals surface area contributed by atoms with Crippen molar-refractivity contribution in [3.05, 3.63) is 29.6 Å². The monoisotopic (exact) mass is 178 g/mol. The summed E-state index contributed by atoms with van der Waals surface area (Å²) in [7, 11) is 0. The first-order chi connectivity index (χ1) is 6.24. The molecule has 0 bridgehead atoms. The molecule has 70 valence electrons. The molecule has 3 N–H and O–H groups in total. The van der Waals surface area contributed by atoms with Crippen LogP contribution in [-0.4, -0.2) is 10.1 Å². The minimum Gasteiger partial charge on any atom is -0.384 e. The fraction of sp³-hybridized carbons (Fsp3) is 0.500. The molecule has 0 saturated heterocycles. The van der Waals surface area contributed by atoms with E-state index in [1.807, 2.05) is 12.1 Å². The van der Waals surface area contributed by atoms with E-state index in [4.69, 9.17) is 5.73 Å². The fourth-order valence-corrected chi connectivity index (χ4v) is 1.62. The Kier molecular flexibility index (Phi) is 2.06. The topological polar surface area (TPSA) is 59.1 Å². The summed E-state index contributed by atoms with van der Waals surface area (Å²) in [4.78, 5) is 4.18. The van der Waals surface area contributed by atoms with Crippen LogP contribution in [0.15, 0.2) is 18.3 Å². The molecule has 0 aliphatic heterocycles. The van der Waals surface area contributed by atoms with Crippen LogP contribution < -0.4 is 5.73 Å². The van der Waals surface area contributed by atoms with E-state index >= 15 is 0 Å². The van der Waals surface area contributed by atoms with E-state index in [-0.39, 0.29) is 0 Å². The maximum atomic E-state index is 10.00. The van der Waals surface area contributed by atoms with Crippen molar-refractivity contribution in [3.63, 3.8) is 0 Å². The molecular weight excluding hydrogens is 164 g/mol. The Bertz CT molecular complexity index is 308. The average Bonchev–Trinajstić information content (AvgIpc) is 2.14. The SMILES string of the molecule is NCc1ccnc(C2(O)CCC2)c1. The number of nitrogens with zero attached hydrogens (tertiary/aromatic N) is 1. The van der Waals surface area contributed by atoms with Gasteiger partial charge in [0, 0.05) is 12.7 Å². The summed E-state index contributed by atoms with van der Waals surface area (Å²) < 4.78 is 0. The molecule has 3 heteroatoms. The van der Waals surface area contributed by atoms with Gasteiger partial charge in [0.2, 0.25) is 0 Å². The van der Waals surface area contributed by atoms with Gasteiger partial charge in [-0.25, -0.2) is 0 Å². The number of hydrogen-bond donors (Lipinski definition) is 2. The molecule has 1 heterocycles. The van der Waals surface area contributed by atoms with E-state index in [0.717, 1.165) is 30.5 Å². The lowest BCUT2D eigenvalue weighted by atomic mass is 9.77. The van der Waals surface area contributed by atoms with Crippen molar-refractivity contribution in [2.45, 2.75) is 31.4 Å². The first-order valence-corrected chi connectivity index (χ1v) is 4.62. The smallest absolute Gasteiger partial charge is 0.106 e. The van der Waals surface area contributed by atoms with Gasteiger partial charge in [0.05, 0.1) is 5.69 Å². The maximum absolute atomic E-state index is 10.00. The predicted octanol–water partition coefficient (Wildman–Crippen LogP) is 0.912. The largest absolute Gasteiger partial charge is 0.384 e. The van der Waals surface area contributed by atoms with Crippen LogP contribution in [0, 0.1) is 0 Å². The second-order valence-electron chi connectivity index (χ2n) is 3.64. The minimum atomic E-state index is -0.662. The zero-order valence-corrected chi connectivity index (χ0v) is 7.53. The summed E-state index contributed by atoms with van der Waals surface area (Å²) in [6, 6.07) is 3.78. The van der Waals surface area contributed by atoms with Crippen LogP contribution in [-0.2, 0) is 12.1 Å². The minimum absolute atomic E-state index is 0.506. The van der Waals surface area contributed by atoms with E-state index in [1.165, 1.54) is 0 Å². The molecule has 2 rings (SSSR count). The summed E-state index contributed by atoms with van der Waals surface area (Å²) in [5.74, 6) is 0. The third-order valence-electron chi connectivity index (χ3n) is 2.72. The van der Waals surface area contributed by atoms with Crippen molar-refractivity contribution in [1.29, 1.82) is 0 Å². The Balaban J connectivity index is 2.29. The molecule has 0 aromatic carbocycles. The Labute approximate surface area is 77.6 Å². The molecule has 13 heavy (non-hydrogen) atoms. The van der Waals surface area contributed by atoms with Crippen LogP contribution in [0.25, 0.3) is 0 Å². The van der Waals surface area contributed by atoms with Gasteiger partial charge in [0.1, 0.15) is 5.60 Å². The van der Waals surface area contributed by atoms with Gasteiger partial charge in [-0.2, -0.15) is 0 Å². The quantitative estimate of drug-likeness (QED) is 0.707. The van der Waals surface area contributed by atoms with Crippen molar-refractivity contribution < 1.29 is 5.11 Å². The van der Waals surface area contributed by atoms with E-state index in [0.29, 0.717) is 6.54 Å². The predicted molar refractivity (Wildman–Crippen MR) is 49.9 cm³/mol. The van der Waals surface area contributed by atoms with Gasteiger partial charge in [-0.05, 0) is 37.0 Å². The van der Waals surface area contributed by atoms with Gasteiger partial charge in [-0.3, -0.25) is 4.98 Å². The van der Waals surface area contributed by atoms with Crippen molar-refractivity contribution in [3.8, 4) is 0 Å². The third kappa shape index (κ3) is 1.45. The summed E-state index contributed by atoms with van der Waals surface area (Å²) >= 11 is 0. The molecule has 1 fully saturated rings. The molecule has 1 aromatic heterocycles. The molecule has 1 aliphatic rings. The van der Waals surface area contributed by atoms with Crippen LogP contribution in [0.4, 0.5) is 0 Å². The van der Waals surface area contributed by atoms with E-state index in [1.54, 1.807) is 6.20 Å². The van der Waals surface area contributed by atoms with E-state index in [9.17, 15) is 5.11 Å². The number of aromatic nitrogens is 1. The number of rotatable bonds is 2. The lowest BCUT2D eigenvalue weighted by molar-refractivity contribution is -0.0426. The normalized spacial score (nSPS) is 19.5. The number of nitrogens with two attached hydrogens (primary N) is 1. The van der Waals surface area contributed by atoms with Crippen LogP contribution >= 0.6 is 0 Å². The van der Waals surface area contributed by atoms with Gasteiger partial charge in [-0.1, -0.05) is 0 Å². The summed E-state index contributed by atoms with van der Waals surface area (Å²) in [6.45, 7) is 0.506. The molecule has 1 aliphatic carbocycles. The summed E-state index contributed by atoms with van der Waals surface area (Å²) in [5, 5.41) is 10.00.